The summed E-state index contributed by atoms with van der Waals surface area (Å²) in [5, 5.41) is 3.44. The number of aromatic amines is 1. The van der Waals surface area contributed by atoms with Crippen LogP contribution in [-0.2, 0) is 11.2 Å². The summed E-state index contributed by atoms with van der Waals surface area (Å²) in [5.41, 5.74) is 7.82. The van der Waals surface area contributed by atoms with Crippen LogP contribution in [0.2, 0.25) is 5.02 Å². The third-order valence-corrected chi connectivity index (χ3v) is 5.89. The number of hydrogen-bond donors (Lipinski definition) is 2. The van der Waals surface area contributed by atoms with E-state index in [9.17, 15) is 4.79 Å². The number of nitrogens with two attached hydrogens (primary N) is 1. The lowest BCUT2D eigenvalue weighted by molar-refractivity contribution is -0.119. The highest BCUT2D eigenvalue weighted by atomic mass is 35.5. The fraction of sp³-hybridized carbons (Fsp3) is 0.200. The quantitative estimate of drug-likeness (QED) is 0.469. The normalized spacial score (nSPS) is 12.2. The maximum absolute atomic E-state index is 11.9. The van der Waals surface area contributed by atoms with E-state index in [1.165, 1.54) is 4.88 Å². The zero-order valence-corrected chi connectivity index (χ0v) is 17.2. The lowest BCUT2D eigenvalue weighted by atomic mass is 10.1. The van der Waals surface area contributed by atoms with Gasteiger partial charge in [0.2, 0.25) is 5.91 Å². The first-order valence-corrected chi connectivity index (χ1v) is 10.3. The Hall–Kier alpha value is -2.97. The van der Waals surface area contributed by atoms with Crippen molar-refractivity contribution in [1.82, 2.24) is 19.9 Å². The number of thiophene rings is 1. The van der Waals surface area contributed by atoms with Gasteiger partial charge in [-0.2, -0.15) is 0 Å². The molecule has 4 aromatic rings. The van der Waals surface area contributed by atoms with Gasteiger partial charge in [0.05, 0.1) is 23.1 Å². The summed E-state index contributed by atoms with van der Waals surface area (Å²) < 4.78 is 0. The minimum absolute atomic E-state index is 0.411. The number of primary amides is 1. The lowest BCUT2D eigenvalue weighted by Crippen LogP contribution is -2.44. The molecule has 1 amide bonds. The Morgan fingerprint density at radius 2 is 2.24 bits per heavy atom. The largest absolute Gasteiger partial charge is 0.368 e. The van der Waals surface area contributed by atoms with Gasteiger partial charge in [-0.15, -0.1) is 11.3 Å². The Bertz CT molecular complexity index is 1140. The zero-order valence-electron chi connectivity index (χ0n) is 15.7. The second kappa shape index (κ2) is 8.18. The summed E-state index contributed by atoms with van der Waals surface area (Å²) in [5.74, 6) is 0.182. The van der Waals surface area contributed by atoms with Crippen LogP contribution in [-0.4, -0.2) is 38.4 Å². The molecule has 1 atom stereocenters. The molecule has 0 aromatic carbocycles. The number of carbonyl (C=O) groups is 1. The Balaban J connectivity index is 1.70. The van der Waals surface area contributed by atoms with Gasteiger partial charge in [-0.3, -0.25) is 9.78 Å². The molecule has 3 N–H and O–H groups in total. The molecule has 0 saturated carbocycles. The summed E-state index contributed by atoms with van der Waals surface area (Å²) in [7, 11) is 0. The van der Waals surface area contributed by atoms with Crippen LogP contribution in [0.25, 0.3) is 22.3 Å². The Morgan fingerprint density at radius 3 is 3.00 bits per heavy atom. The summed E-state index contributed by atoms with van der Waals surface area (Å²) in [4.78, 5) is 31.6. The van der Waals surface area contributed by atoms with Crippen molar-refractivity contribution in [3.63, 3.8) is 0 Å². The van der Waals surface area contributed by atoms with Gasteiger partial charge in [-0.05, 0) is 30.9 Å². The molecular weight excluding hydrogens is 408 g/mol. The van der Waals surface area contributed by atoms with Crippen LogP contribution in [0.1, 0.15) is 11.8 Å². The molecule has 4 heterocycles. The number of anilines is 1. The monoisotopic (exact) mass is 426 g/mol. The van der Waals surface area contributed by atoms with Gasteiger partial charge in [0, 0.05) is 34.8 Å². The van der Waals surface area contributed by atoms with E-state index in [1.807, 2.05) is 28.6 Å². The first-order valence-electron chi connectivity index (χ1n) is 9.06. The van der Waals surface area contributed by atoms with E-state index in [0.717, 1.165) is 23.0 Å². The number of amides is 1. The van der Waals surface area contributed by atoms with Gasteiger partial charge in [0.1, 0.15) is 17.5 Å². The van der Waals surface area contributed by atoms with Crippen LogP contribution in [0.15, 0.2) is 48.4 Å². The average Bonchev–Trinajstić information content (AvgIpc) is 3.37. The molecule has 0 aliphatic rings. The van der Waals surface area contributed by atoms with Gasteiger partial charge in [-0.25, -0.2) is 9.97 Å². The highest BCUT2D eigenvalue weighted by Crippen LogP contribution is 2.29. The van der Waals surface area contributed by atoms with Crippen LogP contribution in [0.5, 0.6) is 0 Å². The summed E-state index contributed by atoms with van der Waals surface area (Å²) >= 11 is 7.79. The molecule has 0 bridgehead atoms. The third-order valence-electron chi connectivity index (χ3n) is 4.75. The molecule has 0 fully saturated rings. The number of aromatic nitrogens is 4. The van der Waals surface area contributed by atoms with Crippen molar-refractivity contribution in [1.29, 1.82) is 0 Å². The molecule has 0 aliphatic heterocycles. The van der Waals surface area contributed by atoms with Crippen LogP contribution in [0.4, 0.5) is 5.82 Å². The van der Waals surface area contributed by atoms with E-state index in [2.05, 4.69) is 21.0 Å². The molecule has 0 spiro atoms. The minimum atomic E-state index is -0.515. The van der Waals surface area contributed by atoms with Crippen molar-refractivity contribution >= 4 is 45.7 Å². The Morgan fingerprint density at radius 1 is 1.38 bits per heavy atom. The fourth-order valence-electron chi connectivity index (χ4n) is 3.16. The highest BCUT2D eigenvalue weighted by molar-refractivity contribution is 7.09. The Kier molecular flexibility index (Phi) is 5.46. The maximum atomic E-state index is 11.9. The van der Waals surface area contributed by atoms with Crippen LogP contribution in [0.3, 0.4) is 0 Å². The van der Waals surface area contributed by atoms with Crippen molar-refractivity contribution in [3.8, 4) is 11.3 Å². The number of pyridine rings is 1. The predicted molar refractivity (Wildman–Crippen MR) is 116 cm³/mol. The standard InChI is InChI=1S/C20H19ClN6OS/c1-12(19(22)28)27(5-4-14-3-2-6-29-14)18-11-23-10-17(26-18)16-9-25-20-15(16)7-13(21)8-24-20/h2-3,6-12H,4-5H2,1H3,(H2,22,28)(H,24,25)/t12-/m1/s1. The molecule has 4 aromatic heterocycles. The molecular formula is C20H19ClN6OS. The number of rotatable bonds is 7. The first kappa shape index (κ1) is 19.4. The predicted octanol–water partition coefficient (Wildman–Crippen LogP) is 3.66. The number of carbonyl (C=O) groups excluding carboxylic acids is 1. The molecule has 7 nitrogen and oxygen atoms in total. The van der Waals surface area contributed by atoms with E-state index < -0.39 is 11.9 Å². The van der Waals surface area contributed by atoms with Crippen molar-refractivity contribution in [3.05, 3.63) is 58.3 Å². The third kappa shape index (κ3) is 4.08. The molecule has 4 rings (SSSR count). The number of H-pyrrole nitrogens is 1. The molecule has 29 heavy (non-hydrogen) atoms. The molecule has 0 saturated heterocycles. The Labute approximate surface area is 176 Å². The topological polar surface area (TPSA) is 101 Å². The second-order valence-electron chi connectivity index (χ2n) is 6.62. The SMILES string of the molecule is C[C@H](C(N)=O)N(CCc1cccs1)c1cncc(-c2c[nH]c3ncc(Cl)cc23)n1. The van der Waals surface area contributed by atoms with Crippen LogP contribution >= 0.6 is 22.9 Å². The molecule has 148 valence electrons. The van der Waals surface area contributed by atoms with Crippen molar-refractivity contribution < 1.29 is 4.79 Å². The summed E-state index contributed by atoms with van der Waals surface area (Å²) in [6, 6.07) is 5.41. The van der Waals surface area contributed by atoms with Crippen molar-refractivity contribution in [2.45, 2.75) is 19.4 Å². The van der Waals surface area contributed by atoms with Gasteiger partial charge in [0.15, 0.2) is 0 Å². The molecule has 9 heteroatoms. The number of fused-ring (bicyclic) bond motifs is 1. The molecule has 0 unspecified atom stereocenters. The van der Waals surface area contributed by atoms with Gasteiger partial charge < -0.3 is 15.6 Å². The van der Waals surface area contributed by atoms with Gasteiger partial charge in [-0.1, -0.05) is 17.7 Å². The molecule has 0 radical (unpaired) electrons. The van der Waals surface area contributed by atoms with Gasteiger partial charge in [0.25, 0.3) is 0 Å². The number of hydrogen-bond acceptors (Lipinski definition) is 6. The first-order chi connectivity index (χ1) is 14.0. The fourth-order valence-corrected chi connectivity index (χ4v) is 4.02. The van der Waals surface area contributed by atoms with E-state index in [1.54, 1.807) is 36.9 Å². The van der Waals surface area contributed by atoms with E-state index in [4.69, 9.17) is 22.3 Å². The van der Waals surface area contributed by atoms with Gasteiger partial charge >= 0.3 is 0 Å². The highest BCUT2D eigenvalue weighted by Gasteiger charge is 2.22. The number of halogens is 1. The van der Waals surface area contributed by atoms with Crippen LogP contribution in [0, 0.1) is 0 Å². The number of nitrogens with zero attached hydrogens (tertiary/aromatic N) is 4. The smallest absolute Gasteiger partial charge is 0.239 e. The number of nitrogens with one attached hydrogen (secondary N) is 1. The van der Waals surface area contributed by atoms with E-state index in [-0.39, 0.29) is 0 Å². The average molecular weight is 427 g/mol. The van der Waals surface area contributed by atoms with E-state index in [0.29, 0.717) is 23.1 Å². The maximum Gasteiger partial charge on any atom is 0.239 e. The van der Waals surface area contributed by atoms with Crippen molar-refractivity contribution in [2.75, 3.05) is 11.4 Å². The summed E-state index contributed by atoms with van der Waals surface area (Å²) in [6.45, 7) is 2.38. The minimum Gasteiger partial charge on any atom is -0.368 e. The molecule has 0 aliphatic carbocycles. The van der Waals surface area contributed by atoms with E-state index >= 15 is 0 Å². The summed E-state index contributed by atoms with van der Waals surface area (Å²) in [6.07, 6.45) is 7.53. The second-order valence-corrected chi connectivity index (χ2v) is 8.08. The van der Waals surface area contributed by atoms with Crippen molar-refractivity contribution in [2.24, 2.45) is 5.73 Å². The lowest BCUT2D eigenvalue weighted by Gasteiger charge is -2.28. The van der Waals surface area contributed by atoms with Crippen LogP contribution < -0.4 is 10.6 Å². The zero-order chi connectivity index (χ0) is 20.4.